The van der Waals surface area contributed by atoms with Gasteiger partial charge < -0.3 is 10.5 Å². The summed E-state index contributed by atoms with van der Waals surface area (Å²) in [7, 11) is 0. The molecule has 0 unspecified atom stereocenters. The van der Waals surface area contributed by atoms with E-state index in [4.69, 9.17) is 22.1 Å². The minimum atomic E-state index is 0.290. The van der Waals surface area contributed by atoms with Crippen molar-refractivity contribution in [3.05, 3.63) is 48.1 Å². The molecule has 0 aromatic carbocycles. The van der Waals surface area contributed by atoms with Gasteiger partial charge in [-0.15, -0.1) is 0 Å². The number of hydrogen-bond acceptors (Lipinski definition) is 6. The van der Waals surface area contributed by atoms with Crippen LogP contribution in [0.3, 0.4) is 0 Å². The second kappa shape index (κ2) is 6.88. The lowest BCUT2D eigenvalue weighted by Gasteiger charge is -2.24. The summed E-state index contributed by atoms with van der Waals surface area (Å²) in [6, 6.07) is 8.05. The minimum Gasteiger partial charge on any atom is -0.382 e. The standard InChI is InChI=1S/C19H18ClN7O/c20-17-9-12(1-5-22-17)16-10-14(18-19(21)23-11-25-27(16)18)15-2-6-24-26(15)13-3-7-28-8-4-13/h1-2,5-6,9-11,13H,3-4,7-8H2,(H2,21,23,25). The number of nitrogens with two attached hydrogens (primary N) is 1. The molecule has 5 heterocycles. The van der Waals surface area contributed by atoms with E-state index in [2.05, 4.69) is 30.9 Å². The van der Waals surface area contributed by atoms with Gasteiger partial charge >= 0.3 is 0 Å². The Balaban J connectivity index is 1.72. The molecule has 0 spiro atoms. The van der Waals surface area contributed by atoms with Crippen molar-refractivity contribution in [2.24, 2.45) is 0 Å². The monoisotopic (exact) mass is 395 g/mol. The van der Waals surface area contributed by atoms with Crippen molar-refractivity contribution in [2.75, 3.05) is 18.9 Å². The first kappa shape index (κ1) is 17.2. The predicted molar refractivity (Wildman–Crippen MR) is 106 cm³/mol. The number of ether oxygens (including phenoxy) is 1. The normalized spacial score (nSPS) is 15.3. The molecule has 8 nitrogen and oxygen atoms in total. The summed E-state index contributed by atoms with van der Waals surface area (Å²) in [6.07, 6.45) is 6.80. The van der Waals surface area contributed by atoms with Gasteiger partial charge in [-0.3, -0.25) is 4.68 Å². The Kier molecular flexibility index (Phi) is 4.22. The molecule has 1 fully saturated rings. The molecule has 1 aliphatic rings. The Bertz CT molecular complexity index is 1150. The van der Waals surface area contributed by atoms with Crippen molar-refractivity contribution in [3.8, 4) is 22.5 Å². The maximum absolute atomic E-state index is 6.25. The summed E-state index contributed by atoms with van der Waals surface area (Å²) in [4.78, 5) is 8.27. The highest BCUT2D eigenvalue weighted by Crippen LogP contribution is 2.36. The fraction of sp³-hybridized carbons (Fsp3) is 0.263. The van der Waals surface area contributed by atoms with Gasteiger partial charge in [-0.1, -0.05) is 11.6 Å². The molecule has 2 N–H and O–H groups in total. The second-order valence-electron chi connectivity index (χ2n) is 6.72. The first-order chi connectivity index (χ1) is 13.7. The van der Waals surface area contributed by atoms with Crippen molar-refractivity contribution in [2.45, 2.75) is 18.9 Å². The van der Waals surface area contributed by atoms with Gasteiger partial charge in [-0.2, -0.15) is 10.2 Å². The van der Waals surface area contributed by atoms with Crippen LogP contribution in [0.2, 0.25) is 5.15 Å². The molecule has 9 heteroatoms. The molecular formula is C19H18ClN7O. The van der Waals surface area contributed by atoms with Crippen LogP contribution >= 0.6 is 11.6 Å². The second-order valence-corrected chi connectivity index (χ2v) is 7.11. The topological polar surface area (TPSA) is 96.1 Å². The summed E-state index contributed by atoms with van der Waals surface area (Å²) in [5.41, 5.74) is 10.7. The maximum atomic E-state index is 6.25. The van der Waals surface area contributed by atoms with Crippen molar-refractivity contribution < 1.29 is 4.74 Å². The van der Waals surface area contributed by atoms with Gasteiger partial charge in [0.1, 0.15) is 17.0 Å². The highest BCUT2D eigenvalue weighted by atomic mass is 35.5. The Hall–Kier alpha value is -2.97. The van der Waals surface area contributed by atoms with Crippen LogP contribution in [0.4, 0.5) is 5.82 Å². The highest BCUT2D eigenvalue weighted by Gasteiger charge is 2.23. The first-order valence-electron chi connectivity index (χ1n) is 9.08. The molecule has 1 saturated heterocycles. The van der Waals surface area contributed by atoms with E-state index in [0.717, 1.165) is 54.1 Å². The molecular weight excluding hydrogens is 378 g/mol. The van der Waals surface area contributed by atoms with Gasteiger partial charge in [0.05, 0.1) is 17.4 Å². The zero-order valence-electron chi connectivity index (χ0n) is 15.0. The fourth-order valence-electron chi connectivity index (χ4n) is 3.78. The molecule has 0 aliphatic carbocycles. The van der Waals surface area contributed by atoms with E-state index >= 15 is 0 Å². The van der Waals surface area contributed by atoms with E-state index in [9.17, 15) is 0 Å². The molecule has 4 aromatic heterocycles. The van der Waals surface area contributed by atoms with Crippen LogP contribution in [0.1, 0.15) is 18.9 Å². The van der Waals surface area contributed by atoms with E-state index in [1.807, 2.05) is 18.3 Å². The summed E-state index contributed by atoms with van der Waals surface area (Å²) in [5.74, 6) is 0.413. The van der Waals surface area contributed by atoms with Gasteiger partial charge in [0.25, 0.3) is 0 Å². The molecule has 0 atom stereocenters. The zero-order chi connectivity index (χ0) is 19.1. The number of pyridine rings is 1. The largest absolute Gasteiger partial charge is 0.382 e. The lowest BCUT2D eigenvalue weighted by atomic mass is 10.1. The molecule has 0 radical (unpaired) electrons. The van der Waals surface area contributed by atoms with Crippen LogP contribution in [-0.4, -0.2) is 42.6 Å². The molecule has 4 aromatic rings. The number of anilines is 1. The number of fused-ring (bicyclic) bond motifs is 1. The van der Waals surface area contributed by atoms with Gasteiger partial charge in [-0.25, -0.2) is 14.5 Å². The van der Waals surface area contributed by atoms with Crippen LogP contribution < -0.4 is 5.73 Å². The van der Waals surface area contributed by atoms with Crippen LogP contribution in [0.5, 0.6) is 0 Å². The number of nitrogen functional groups attached to an aromatic ring is 1. The summed E-state index contributed by atoms with van der Waals surface area (Å²) < 4.78 is 9.36. The quantitative estimate of drug-likeness (QED) is 0.535. The van der Waals surface area contributed by atoms with Gasteiger partial charge in [0.2, 0.25) is 0 Å². The van der Waals surface area contributed by atoms with Crippen LogP contribution in [0.15, 0.2) is 43.0 Å². The Morgan fingerprint density at radius 2 is 1.89 bits per heavy atom. The summed E-state index contributed by atoms with van der Waals surface area (Å²) in [5, 5.41) is 9.44. The number of aromatic nitrogens is 6. The molecule has 28 heavy (non-hydrogen) atoms. The molecule has 0 bridgehead atoms. The summed E-state index contributed by atoms with van der Waals surface area (Å²) in [6.45, 7) is 1.49. The summed E-state index contributed by atoms with van der Waals surface area (Å²) >= 11 is 6.11. The SMILES string of the molecule is Nc1ncnn2c(-c3ccnc(Cl)c3)cc(-c3ccnn3C3CCOCC3)c12. The third-order valence-electron chi connectivity index (χ3n) is 5.09. The van der Waals surface area contributed by atoms with E-state index in [1.165, 1.54) is 6.33 Å². The van der Waals surface area contributed by atoms with Crippen LogP contribution in [0, 0.1) is 0 Å². The molecule has 142 valence electrons. The number of nitrogens with zero attached hydrogens (tertiary/aromatic N) is 6. The molecule has 0 saturated carbocycles. The zero-order valence-corrected chi connectivity index (χ0v) is 15.8. The van der Waals surface area contributed by atoms with Crippen molar-refractivity contribution >= 4 is 22.9 Å². The molecule has 5 rings (SSSR count). The van der Waals surface area contributed by atoms with E-state index in [-0.39, 0.29) is 0 Å². The highest BCUT2D eigenvalue weighted by molar-refractivity contribution is 6.29. The van der Waals surface area contributed by atoms with Gasteiger partial charge in [0.15, 0.2) is 5.82 Å². The van der Waals surface area contributed by atoms with Crippen LogP contribution in [0.25, 0.3) is 28.0 Å². The Labute approximate surface area is 165 Å². The third-order valence-corrected chi connectivity index (χ3v) is 5.29. The van der Waals surface area contributed by atoms with E-state index in [1.54, 1.807) is 16.8 Å². The van der Waals surface area contributed by atoms with Crippen molar-refractivity contribution in [1.82, 2.24) is 29.4 Å². The van der Waals surface area contributed by atoms with Crippen molar-refractivity contribution in [3.63, 3.8) is 0 Å². The lowest BCUT2D eigenvalue weighted by molar-refractivity contribution is 0.0667. The molecule has 1 aliphatic heterocycles. The van der Waals surface area contributed by atoms with Crippen molar-refractivity contribution in [1.29, 1.82) is 0 Å². The van der Waals surface area contributed by atoms with Gasteiger partial charge in [0, 0.05) is 36.7 Å². The smallest absolute Gasteiger partial charge is 0.152 e. The average Bonchev–Trinajstić information content (AvgIpc) is 3.34. The van der Waals surface area contributed by atoms with Gasteiger partial charge in [-0.05, 0) is 37.1 Å². The van der Waals surface area contributed by atoms with E-state index < -0.39 is 0 Å². The first-order valence-corrected chi connectivity index (χ1v) is 9.46. The predicted octanol–water partition coefficient (Wildman–Crippen LogP) is 3.24. The average molecular weight is 396 g/mol. The fourth-order valence-corrected chi connectivity index (χ4v) is 3.95. The maximum Gasteiger partial charge on any atom is 0.152 e. The van der Waals surface area contributed by atoms with E-state index in [0.29, 0.717) is 17.0 Å². The Morgan fingerprint density at radius 3 is 2.71 bits per heavy atom. The Morgan fingerprint density at radius 1 is 1.04 bits per heavy atom. The molecule has 0 amide bonds. The number of halogens is 1. The van der Waals surface area contributed by atoms with Crippen LogP contribution in [-0.2, 0) is 4.74 Å². The lowest BCUT2D eigenvalue weighted by Crippen LogP contribution is -2.21. The third kappa shape index (κ3) is 2.81. The number of rotatable bonds is 3. The minimum absolute atomic E-state index is 0.290. The number of hydrogen-bond donors (Lipinski definition) is 1.